The summed E-state index contributed by atoms with van der Waals surface area (Å²) < 4.78 is 16.7. The van der Waals surface area contributed by atoms with Gasteiger partial charge in [-0.05, 0) is 0 Å². The molecule has 2 nitrogen and oxygen atoms in total. The molecule has 0 rings (SSSR count). The minimum atomic E-state index is -4.96. The van der Waals surface area contributed by atoms with Crippen molar-refractivity contribution in [1.29, 1.82) is 0 Å². The van der Waals surface area contributed by atoms with Crippen molar-refractivity contribution in [1.82, 2.24) is 0 Å². The van der Waals surface area contributed by atoms with Gasteiger partial charge >= 0.3 is 89.7 Å². The van der Waals surface area contributed by atoms with Crippen molar-refractivity contribution in [3.63, 3.8) is 0 Å². The van der Waals surface area contributed by atoms with Gasteiger partial charge in [0.15, 0.2) is 0 Å². The Hall–Kier alpha value is 1.03. The standard InChI is InChI=1S/C8H17.2ClH.Mo.H2N.O/c1-7(2)6-8(3,4)5;;;;;/h6H2,1-5H3;2*1H;;1H2;/q;;;+3;-1;/p-2. The van der Waals surface area contributed by atoms with Crippen molar-refractivity contribution < 1.29 is 16.3 Å². The van der Waals surface area contributed by atoms with Crippen LogP contribution in [0.5, 0.6) is 0 Å². The van der Waals surface area contributed by atoms with Gasteiger partial charge in [0.05, 0.1) is 0 Å². The first kappa shape index (κ1) is 14.0. The zero-order chi connectivity index (χ0) is 11.2. The molecule has 0 bridgehead atoms. The van der Waals surface area contributed by atoms with E-state index in [0.29, 0.717) is 6.42 Å². The molecule has 2 N–H and O–H groups in total. The summed E-state index contributed by atoms with van der Waals surface area (Å²) in [6.45, 7) is 9.66. The Morgan fingerprint density at radius 3 is 1.54 bits per heavy atom. The van der Waals surface area contributed by atoms with Crippen LogP contribution >= 0.6 is 18.8 Å². The molecule has 0 aliphatic carbocycles. The Labute approximate surface area is 89.5 Å². The fraction of sp³-hybridized carbons (Fsp3) is 1.00. The minimum absolute atomic E-state index is 0.0160. The SMILES string of the molecule is CC(C)(C)C[C](C)(C)[Mo]([NH2])(=[O])([Cl])[Cl]. The van der Waals surface area contributed by atoms with Crippen molar-refractivity contribution >= 4 is 18.8 Å². The van der Waals surface area contributed by atoms with Crippen molar-refractivity contribution in [3.8, 4) is 0 Å². The molecule has 0 radical (unpaired) electrons. The third-order valence-electron chi connectivity index (χ3n) is 1.92. The van der Waals surface area contributed by atoms with E-state index in [2.05, 4.69) is 0 Å². The summed E-state index contributed by atoms with van der Waals surface area (Å²) in [4.78, 5) is 0. The molecule has 0 heterocycles. The second-order valence-corrected chi connectivity index (χ2v) is 20.2. The van der Waals surface area contributed by atoms with Crippen molar-refractivity contribution in [3.05, 3.63) is 0 Å². The van der Waals surface area contributed by atoms with Gasteiger partial charge in [-0.15, -0.1) is 0 Å². The molecule has 0 aliphatic rings. The van der Waals surface area contributed by atoms with E-state index in [0.717, 1.165) is 0 Å². The summed E-state index contributed by atoms with van der Waals surface area (Å²) in [6, 6.07) is 0. The van der Waals surface area contributed by atoms with E-state index in [4.69, 9.17) is 23.1 Å². The van der Waals surface area contributed by atoms with Gasteiger partial charge in [-0.2, -0.15) is 0 Å². The molecule has 0 aliphatic heterocycles. The van der Waals surface area contributed by atoms with Crippen LogP contribution in [0.4, 0.5) is 0 Å². The van der Waals surface area contributed by atoms with Crippen LogP contribution in [0, 0.1) is 5.41 Å². The second kappa shape index (κ2) is 3.26. The molecule has 0 atom stereocenters. The third-order valence-corrected chi connectivity index (χ3v) is 11.9. The molecule has 0 fully saturated rings. The van der Waals surface area contributed by atoms with Crippen LogP contribution < -0.4 is 4.29 Å². The Bertz CT molecular complexity index is 251. The molecule has 82 valence electrons. The van der Waals surface area contributed by atoms with Crippen LogP contribution in [0.3, 0.4) is 0 Å². The molecule has 13 heavy (non-hydrogen) atoms. The first-order valence-corrected chi connectivity index (χ1v) is 12.3. The summed E-state index contributed by atoms with van der Waals surface area (Å²) in [5.41, 5.74) is 0.0160. The molecule has 0 unspecified atom stereocenters. The van der Waals surface area contributed by atoms with Crippen LogP contribution in [0.15, 0.2) is 0 Å². The Morgan fingerprint density at radius 2 is 1.46 bits per heavy atom. The second-order valence-electron chi connectivity index (χ2n) is 5.31. The molecule has 0 spiro atoms. The van der Waals surface area contributed by atoms with Gasteiger partial charge in [0, 0.05) is 0 Å². The van der Waals surface area contributed by atoms with E-state index in [-0.39, 0.29) is 5.41 Å². The molecule has 0 amide bonds. The fourth-order valence-corrected chi connectivity index (χ4v) is 3.73. The molecular weight excluding hydrogens is 293 g/mol. The average molecular weight is 312 g/mol. The van der Waals surface area contributed by atoms with Crippen molar-refractivity contribution in [2.45, 2.75) is 44.8 Å². The average Bonchev–Trinajstić information content (AvgIpc) is 1.48. The van der Waals surface area contributed by atoms with E-state index < -0.39 is 16.7 Å². The van der Waals surface area contributed by atoms with E-state index in [9.17, 15) is 3.40 Å². The maximum absolute atomic E-state index is 11.9. The molecule has 5 heteroatoms. The zero-order valence-electron chi connectivity index (χ0n) is 8.86. The summed E-state index contributed by atoms with van der Waals surface area (Å²) in [7, 11) is 11.5. The molecule has 0 saturated heterocycles. The predicted octanol–water partition coefficient (Wildman–Crippen LogP) is 3.84. The van der Waals surface area contributed by atoms with Crippen LogP contribution in [-0.2, 0) is 16.3 Å². The number of nitrogens with two attached hydrogens (primary N) is 1. The third kappa shape index (κ3) is 4.38. The Kier molecular flexibility index (Phi) is 3.52. The van der Waals surface area contributed by atoms with Gasteiger partial charge in [0.25, 0.3) is 0 Å². The summed E-state index contributed by atoms with van der Waals surface area (Å²) in [5.74, 6) is 0. The van der Waals surface area contributed by atoms with Crippen molar-refractivity contribution in [2.75, 3.05) is 0 Å². The molecule has 0 aromatic carbocycles. The number of rotatable bonds is 2. The van der Waals surface area contributed by atoms with Gasteiger partial charge in [-0.1, -0.05) is 0 Å². The van der Waals surface area contributed by atoms with Crippen molar-refractivity contribution in [2.24, 2.45) is 9.71 Å². The van der Waals surface area contributed by atoms with Crippen LogP contribution in [-0.4, -0.2) is 0 Å². The maximum atomic E-state index is 11.9. The quantitative estimate of drug-likeness (QED) is 0.787. The first-order chi connectivity index (χ1) is 5.22. The number of hydrogen-bond acceptors (Lipinski definition) is 1. The van der Waals surface area contributed by atoms with Gasteiger partial charge in [0.1, 0.15) is 0 Å². The summed E-state index contributed by atoms with van der Waals surface area (Å²) >= 11 is -4.96. The number of hydrogen-bond donors (Lipinski definition) is 1. The van der Waals surface area contributed by atoms with Gasteiger partial charge in [0.2, 0.25) is 0 Å². The normalized spacial score (nSPS) is 18.0. The van der Waals surface area contributed by atoms with Crippen LogP contribution in [0.1, 0.15) is 41.0 Å². The fourth-order valence-electron chi connectivity index (χ4n) is 1.40. The number of halogens is 2. The Balaban J connectivity index is 4.93. The monoisotopic (exact) mass is 313 g/mol. The topological polar surface area (TPSA) is 43.1 Å². The molecular formula is C8H19Cl2MoNO. The van der Waals surface area contributed by atoms with E-state index in [1.165, 1.54) is 0 Å². The van der Waals surface area contributed by atoms with Gasteiger partial charge < -0.3 is 0 Å². The van der Waals surface area contributed by atoms with E-state index >= 15 is 0 Å². The van der Waals surface area contributed by atoms with Crippen LogP contribution in [0.25, 0.3) is 0 Å². The molecule has 0 saturated carbocycles. The van der Waals surface area contributed by atoms with E-state index in [1.807, 2.05) is 20.8 Å². The molecule has 0 aromatic rings. The summed E-state index contributed by atoms with van der Waals surface area (Å²) in [6.07, 6.45) is 0.644. The summed E-state index contributed by atoms with van der Waals surface area (Å²) in [5, 5.41) is 0. The Morgan fingerprint density at radius 1 is 1.15 bits per heavy atom. The molecule has 0 aromatic heterocycles. The van der Waals surface area contributed by atoms with E-state index in [1.54, 1.807) is 13.8 Å². The zero-order valence-corrected chi connectivity index (χ0v) is 12.4. The first-order valence-electron chi connectivity index (χ1n) is 4.12. The van der Waals surface area contributed by atoms with Gasteiger partial charge in [-0.25, -0.2) is 0 Å². The van der Waals surface area contributed by atoms with Crippen LogP contribution in [0.2, 0.25) is 3.80 Å². The predicted molar refractivity (Wildman–Crippen MR) is 54.7 cm³/mol. The van der Waals surface area contributed by atoms with Gasteiger partial charge in [-0.3, -0.25) is 0 Å².